The number of unbranched alkanes of at least 4 members (excludes halogenated alkanes) is 1. The van der Waals surface area contributed by atoms with E-state index in [9.17, 15) is 4.79 Å². The summed E-state index contributed by atoms with van der Waals surface area (Å²) in [5.41, 5.74) is 3.25. The molecular formula is C14H21N5O. The van der Waals surface area contributed by atoms with Gasteiger partial charge in [-0.2, -0.15) is 5.26 Å². The average Bonchev–Trinajstić information content (AvgIpc) is 2.49. The second kappa shape index (κ2) is 9.89. The number of nitrogens with zero attached hydrogens (tertiary/aromatic N) is 3. The molecule has 0 radical (unpaired) electrons. The molecule has 0 fully saturated rings. The molecule has 0 unspecified atom stereocenters. The largest absolute Gasteiger partial charge is 0.298 e. The van der Waals surface area contributed by atoms with E-state index >= 15 is 0 Å². The molecule has 0 saturated heterocycles. The molecule has 0 atom stereocenters. The van der Waals surface area contributed by atoms with E-state index in [0.717, 1.165) is 38.0 Å². The fraction of sp³-hybridized carbons (Fsp3) is 0.500. The van der Waals surface area contributed by atoms with E-state index in [1.807, 2.05) is 18.3 Å². The van der Waals surface area contributed by atoms with Gasteiger partial charge in [0, 0.05) is 38.3 Å². The molecule has 6 heteroatoms. The van der Waals surface area contributed by atoms with Gasteiger partial charge in [0.2, 0.25) is 5.91 Å². The van der Waals surface area contributed by atoms with E-state index in [2.05, 4.69) is 21.4 Å². The Balaban J connectivity index is 2.36. The number of carbonyl (C=O) groups excluding carboxylic acids is 1. The van der Waals surface area contributed by atoms with Gasteiger partial charge in [-0.15, -0.1) is 0 Å². The number of hydrogen-bond acceptors (Lipinski definition) is 5. The normalized spacial score (nSPS) is 10.2. The second-order valence-electron chi connectivity index (χ2n) is 4.57. The van der Waals surface area contributed by atoms with E-state index in [1.165, 1.54) is 0 Å². The minimum atomic E-state index is -0.138. The quantitative estimate of drug-likeness (QED) is 0.303. The topological polar surface area (TPSA) is 95.0 Å². The third kappa shape index (κ3) is 6.83. The van der Waals surface area contributed by atoms with Gasteiger partial charge in [-0.1, -0.05) is 6.07 Å². The van der Waals surface area contributed by atoms with Crippen molar-refractivity contribution >= 4 is 5.91 Å². The van der Waals surface area contributed by atoms with Crippen molar-refractivity contribution < 1.29 is 4.79 Å². The third-order valence-corrected chi connectivity index (χ3v) is 2.96. The molecule has 0 aliphatic rings. The standard InChI is InChI=1S/C14H21N5O/c15-7-4-10-19(9-2-1-6-14(20)18-16)12-13-5-3-8-17-11-13/h3,5,8,11H,1-2,4,6,9-10,12,16H2,(H,18,20). The molecule has 1 heterocycles. The highest BCUT2D eigenvalue weighted by Gasteiger charge is 2.06. The lowest BCUT2D eigenvalue weighted by Crippen LogP contribution is -2.30. The Morgan fingerprint density at radius 1 is 1.45 bits per heavy atom. The number of nitrogens with one attached hydrogen (secondary N) is 1. The van der Waals surface area contributed by atoms with Gasteiger partial charge in [0.25, 0.3) is 0 Å². The van der Waals surface area contributed by atoms with Crippen LogP contribution in [0.4, 0.5) is 0 Å². The summed E-state index contributed by atoms with van der Waals surface area (Å²) < 4.78 is 0. The molecule has 1 aromatic heterocycles. The Kier molecular flexibility index (Phi) is 7.96. The number of hydrogen-bond donors (Lipinski definition) is 2. The number of carbonyl (C=O) groups is 1. The van der Waals surface area contributed by atoms with Crippen molar-refractivity contribution in [3.63, 3.8) is 0 Å². The van der Waals surface area contributed by atoms with Crippen LogP contribution in [0.5, 0.6) is 0 Å². The summed E-state index contributed by atoms with van der Waals surface area (Å²) in [6, 6.07) is 6.09. The molecule has 0 aromatic carbocycles. The number of aromatic nitrogens is 1. The lowest BCUT2D eigenvalue weighted by Gasteiger charge is -2.20. The third-order valence-electron chi connectivity index (χ3n) is 2.96. The van der Waals surface area contributed by atoms with Crippen LogP contribution in [0.3, 0.4) is 0 Å². The fourth-order valence-electron chi connectivity index (χ4n) is 1.92. The summed E-state index contributed by atoms with van der Waals surface area (Å²) in [5, 5.41) is 8.70. The smallest absolute Gasteiger partial charge is 0.233 e. The number of nitrogens with two attached hydrogens (primary N) is 1. The van der Waals surface area contributed by atoms with Gasteiger partial charge >= 0.3 is 0 Å². The van der Waals surface area contributed by atoms with Crippen LogP contribution in [0.2, 0.25) is 0 Å². The van der Waals surface area contributed by atoms with Gasteiger partial charge in [0.05, 0.1) is 6.07 Å². The van der Waals surface area contributed by atoms with Crippen LogP contribution < -0.4 is 11.3 Å². The summed E-state index contributed by atoms with van der Waals surface area (Å²) in [5.74, 6) is 4.89. The Hall–Kier alpha value is -1.97. The predicted molar refractivity (Wildman–Crippen MR) is 75.9 cm³/mol. The average molecular weight is 275 g/mol. The van der Waals surface area contributed by atoms with E-state index in [1.54, 1.807) is 6.20 Å². The van der Waals surface area contributed by atoms with E-state index in [4.69, 9.17) is 11.1 Å². The Labute approximate surface area is 119 Å². The molecule has 0 saturated carbocycles. The molecule has 20 heavy (non-hydrogen) atoms. The molecular weight excluding hydrogens is 254 g/mol. The number of amides is 1. The van der Waals surface area contributed by atoms with Crippen LogP contribution in [0, 0.1) is 11.3 Å². The van der Waals surface area contributed by atoms with Crippen LogP contribution >= 0.6 is 0 Å². The highest BCUT2D eigenvalue weighted by molar-refractivity contribution is 5.75. The first-order chi connectivity index (χ1) is 9.76. The van der Waals surface area contributed by atoms with Gasteiger partial charge in [-0.05, 0) is 31.0 Å². The highest BCUT2D eigenvalue weighted by atomic mass is 16.2. The van der Waals surface area contributed by atoms with Crippen molar-refractivity contribution in [1.29, 1.82) is 5.26 Å². The van der Waals surface area contributed by atoms with E-state index in [-0.39, 0.29) is 5.91 Å². The van der Waals surface area contributed by atoms with Gasteiger partial charge in [-0.3, -0.25) is 20.1 Å². The first kappa shape index (κ1) is 16.1. The molecule has 1 aromatic rings. The van der Waals surface area contributed by atoms with Gasteiger partial charge in [-0.25, -0.2) is 5.84 Å². The van der Waals surface area contributed by atoms with E-state index < -0.39 is 0 Å². The fourth-order valence-corrected chi connectivity index (χ4v) is 1.92. The monoisotopic (exact) mass is 275 g/mol. The zero-order valence-corrected chi connectivity index (χ0v) is 11.6. The first-order valence-corrected chi connectivity index (χ1v) is 6.74. The maximum Gasteiger partial charge on any atom is 0.233 e. The van der Waals surface area contributed by atoms with Crippen molar-refractivity contribution in [2.75, 3.05) is 13.1 Å². The van der Waals surface area contributed by atoms with Crippen LogP contribution in [-0.4, -0.2) is 28.9 Å². The van der Waals surface area contributed by atoms with Gasteiger partial charge in [0.1, 0.15) is 0 Å². The molecule has 108 valence electrons. The summed E-state index contributed by atoms with van der Waals surface area (Å²) in [6.07, 6.45) is 6.22. The zero-order valence-electron chi connectivity index (χ0n) is 11.6. The number of rotatable bonds is 9. The molecule has 1 amide bonds. The van der Waals surface area contributed by atoms with E-state index in [0.29, 0.717) is 12.8 Å². The first-order valence-electron chi connectivity index (χ1n) is 6.74. The second-order valence-corrected chi connectivity index (χ2v) is 4.57. The lowest BCUT2D eigenvalue weighted by molar-refractivity contribution is -0.121. The maximum absolute atomic E-state index is 11.0. The van der Waals surface area contributed by atoms with Crippen LogP contribution in [0.1, 0.15) is 31.2 Å². The van der Waals surface area contributed by atoms with Crippen molar-refractivity contribution in [3.05, 3.63) is 30.1 Å². The van der Waals surface area contributed by atoms with Gasteiger partial charge < -0.3 is 0 Å². The predicted octanol–water partition coefficient (Wildman–Crippen LogP) is 0.957. The van der Waals surface area contributed by atoms with Gasteiger partial charge in [0.15, 0.2) is 0 Å². The molecule has 1 rings (SSSR count). The number of nitriles is 1. The zero-order chi connectivity index (χ0) is 14.6. The van der Waals surface area contributed by atoms with Crippen LogP contribution in [-0.2, 0) is 11.3 Å². The maximum atomic E-state index is 11.0. The molecule has 0 bridgehead atoms. The van der Waals surface area contributed by atoms with Crippen molar-refractivity contribution in [2.45, 2.75) is 32.2 Å². The summed E-state index contributed by atoms with van der Waals surface area (Å²) in [4.78, 5) is 17.3. The summed E-state index contributed by atoms with van der Waals surface area (Å²) in [7, 11) is 0. The van der Waals surface area contributed by atoms with Crippen LogP contribution in [0.15, 0.2) is 24.5 Å². The highest BCUT2D eigenvalue weighted by Crippen LogP contribution is 2.06. The Morgan fingerprint density at radius 3 is 2.95 bits per heavy atom. The summed E-state index contributed by atoms with van der Waals surface area (Å²) >= 11 is 0. The number of pyridine rings is 1. The van der Waals surface area contributed by atoms with Crippen molar-refractivity contribution in [1.82, 2.24) is 15.3 Å². The molecule has 0 aliphatic carbocycles. The minimum absolute atomic E-state index is 0.138. The number of hydrazine groups is 1. The van der Waals surface area contributed by atoms with Crippen LogP contribution in [0.25, 0.3) is 0 Å². The summed E-state index contributed by atoms with van der Waals surface area (Å²) in [6.45, 7) is 2.36. The Bertz CT molecular complexity index is 429. The van der Waals surface area contributed by atoms with Crippen molar-refractivity contribution in [3.8, 4) is 6.07 Å². The SMILES string of the molecule is N#CCCN(CCCCC(=O)NN)Cc1cccnc1. The molecule has 3 N–H and O–H groups in total. The lowest BCUT2D eigenvalue weighted by atomic mass is 10.2. The van der Waals surface area contributed by atoms with Crippen molar-refractivity contribution in [2.24, 2.45) is 5.84 Å². The Morgan fingerprint density at radius 2 is 2.30 bits per heavy atom. The molecule has 0 aliphatic heterocycles. The molecule has 6 nitrogen and oxygen atoms in total. The molecule has 0 spiro atoms. The minimum Gasteiger partial charge on any atom is -0.298 e.